The zero-order chi connectivity index (χ0) is 18.7. The second kappa shape index (κ2) is 9.16. The Labute approximate surface area is 143 Å². The van der Waals surface area contributed by atoms with E-state index in [1.807, 2.05) is 0 Å². The fourth-order valence-corrected chi connectivity index (χ4v) is 8.57. The Morgan fingerprint density at radius 3 is 2.17 bits per heavy atom. The van der Waals surface area contributed by atoms with Gasteiger partial charge in [0.15, 0.2) is 0 Å². The summed E-state index contributed by atoms with van der Waals surface area (Å²) in [5.41, 5.74) is 0. The molecule has 11 nitrogen and oxygen atoms in total. The minimum atomic E-state index is -5.08. The Morgan fingerprint density at radius 1 is 1.12 bits per heavy atom. The molecule has 0 aromatic carbocycles. The molecule has 13 heteroatoms. The van der Waals surface area contributed by atoms with Gasteiger partial charge in [-0.15, -0.1) is 0 Å². The number of hydrogen-bond acceptors (Lipinski definition) is 10. The van der Waals surface area contributed by atoms with Crippen LogP contribution in [-0.2, 0) is 14.6 Å². The van der Waals surface area contributed by atoms with Gasteiger partial charge in [-0.25, -0.2) is 0 Å². The predicted octanol–water partition coefficient (Wildman–Crippen LogP) is -4.16. The number of aliphatic hydroxyl groups is 7. The van der Waals surface area contributed by atoms with Gasteiger partial charge in [0.05, 0.1) is 0 Å². The van der Waals surface area contributed by atoms with Crippen LogP contribution in [0.2, 0.25) is 15.5 Å². The minimum absolute atomic E-state index is 0.126. The van der Waals surface area contributed by atoms with Crippen molar-refractivity contribution in [2.75, 3.05) is 13.2 Å². The second-order valence-electron chi connectivity index (χ2n) is 5.45. The van der Waals surface area contributed by atoms with Crippen molar-refractivity contribution in [1.29, 1.82) is 0 Å². The van der Waals surface area contributed by atoms with Gasteiger partial charge in [0, 0.05) is 0 Å². The van der Waals surface area contributed by atoms with Crippen LogP contribution in [0.5, 0.6) is 0 Å². The Balaban J connectivity index is 2.89. The molecule has 1 aliphatic heterocycles. The van der Waals surface area contributed by atoms with Gasteiger partial charge in [-0.05, 0) is 0 Å². The first-order valence-corrected chi connectivity index (χ1v) is 11.7. The van der Waals surface area contributed by atoms with E-state index in [2.05, 4.69) is 4.18 Å². The van der Waals surface area contributed by atoms with Crippen LogP contribution in [0.3, 0.4) is 0 Å². The van der Waals surface area contributed by atoms with Gasteiger partial charge in [-0.2, -0.15) is 0 Å². The normalized spacial score (nSPS) is 30.9. The van der Waals surface area contributed by atoms with E-state index in [1.54, 1.807) is 0 Å². The van der Waals surface area contributed by atoms with E-state index in [4.69, 9.17) is 9.66 Å². The van der Waals surface area contributed by atoms with E-state index in [-0.39, 0.29) is 10.6 Å². The molecule has 0 unspecified atom stereocenters. The van der Waals surface area contributed by atoms with E-state index < -0.39 is 79.0 Å². The van der Waals surface area contributed by atoms with Crippen molar-refractivity contribution in [3.8, 4) is 0 Å². The number of aliphatic hydroxyl groups excluding tert-OH is 7. The fraction of sp³-hybridized carbons (Fsp3) is 1.00. The molecular weight excluding hydrogens is 419 g/mol. The summed E-state index contributed by atoms with van der Waals surface area (Å²) in [5, 5.41) is 66.8. The maximum absolute atomic E-state index is 10.9. The number of hydrogen-bond donors (Lipinski definition) is 8. The molecule has 0 aliphatic carbocycles. The molecule has 1 rings (SSSR count). The molecule has 0 saturated carbocycles. The van der Waals surface area contributed by atoms with Crippen molar-refractivity contribution in [1.82, 2.24) is 0 Å². The molecule has 0 aromatic heterocycles. The Morgan fingerprint density at radius 2 is 1.71 bits per heavy atom. The van der Waals surface area contributed by atoms with Crippen LogP contribution in [-0.4, -0.2) is 112 Å². The monoisotopic (exact) mass is 443 g/mol. The van der Waals surface area contributed by atoms with E-state index in [0.717, 1.165) is 0 Å². The van der Waals surface area contributed by atoms with E-state index in [0.29, 0.717) is 0 Å². The van der Waals surface area contributed by atoms with Crippen molar-refractivity contribution < 1.29 is 52.9 Å². The third-order valence-electron chi connectivity index (χ3n) is 3.68. The molecule has 1 heterocycles. The molecule has 0 spiro atoms. The fourth-order valence-electron chi connectivity index (χ4n) is 2.42. The molecule has 0 aromatic rings. The molecule has 7 atom stereocenters. The molecule has 1 aliphatic rings. The summed E-state index contributed by atoms with van der Waals surface area (Å²) in [7, 11) is -5.08. The molecule has 1 fully saturated rings. The molecule has 0 amide bonds. The Hall–Kier alpha value is 0.109. The van der Waals surface area contributed by atoms with Crippen molar-refractivity contribution in [3.05, 3.63) is 0 Å². The van der Waals surface area contributed by atoms with Gasteiger partial charge in [0.25, 0.3) is 0 Å². The summed E-state index contributed by atoms with van der Waals surface area (Å²) < 4.78 is 34.7. The van der Waals surface area contributed by atoms with Gasteiger partial charge in [0.2, 0.25) is 0 Å². The molecule has 24 heavy (non-hydrogen) atoms. The van der Waals surface area contributed by atoms with Crippen LogP contribution in [0.1, 0.15) is 0 Å². The van der Waals surface area contributed by atoms with E-state index >= 15 is 0 Å². The zero-order valence-electron chi connectivity index (χ0n) is 12.5. The van der Waals surface area contributed by atoms with E-state index in [1.165, 1.54) is 0 Å². The van der Waals surface area contributed by atoms with Crippen molar-refractivity contribution in [3.63, 3.8) is 0 Å². The third kappa shape index (κ3) is 5.83. The SMILES string of the molecule is O=S(=O)(O)O[C@@H]([C@H](O)[C@H](O)CO)[C@H](O)C[Se]1C[C@@H](O)[C@H](O)[C@H]1CO. The summed E-state index contributed by atoms with van der Waals surface area (Å²) in [5.74, 6) is 0. The molecule has 145 valence electrons. The molecular formula is C11H23O11SSe. The summed E-state index contributed by atoms with van der Waals surface area (Å²) in [6, 6.07) is 0. The van der Waals surface area contributed by atoms with Crippen LogP contribution >= 0.6 is 0 Å². The van der Waals surface area contributed by atoms with Crippen molar-refractivity contribution in [2.45, 2.75) is 52.1 Å². The van der Waals surface area contributed by atoms with Gasteiger partial charge in [-0.3, -0.25) is 0 Å². The second-order valence-corrected chi connectivity index (χ2v) is 11.4. The quantitative estimate of drug-likeness (QED) is 0.127. The topological polar surface area (TPSA) is 205 Å². The number of rotatable bonds is 9. The van der Waals surface area contributed by atoms with Crippen LogP contribution in [0.4, 0.5) is 0 Å². The van der Waals surface area contributed by atoms with Gasteiger partial charge in [0.1, 0.15) is 0 Å². The predicted molar refractivity (Wildman–Crippen MR) is 79.7 cm³/mol. The van der Waals surface area contributed by atoms with Gasteiger partial charge >= 0.3 is 142 Å². The van der Waals surface area contributed by atoms with Gasteiger partial charge < -0.3 is 0 Å². The first kappa shape index (κ1) is 22.2. The van der Waals surface area contributed by atoms with Crippen molar-refractivity contribution >= 4 is 24.3 Å². The maximum atomic E-state index is 10.9. The summed E-state index contributed by atoms with van der Waals surface area (Å²) in [6.07, 6.45) is -9.80. The average molecular weight is 442 g/mol. The van der Waals surface area contributed by atoms with Crippen LogP contribution in [0.15, 0.2) is 0 Å². The first-order chi connectivity index (χ1) is 11.0. The first-order valence-electron chi connectivity index (χ1n) is 6.95. The molecule has 8 N–H and O–H groups in total. The van der Waals surface area contributed by atoms with Gasteiger partial charge in [-0.1, -0.05) is 0 Å². The zero-order valence-corrected chi connectivity index (χ0v) is 15.0. The molecule has 1 saturated heterocycles. The van der Waals surface area contributed by atoms with Crippen LogP contribution in [0, 0.1) is 0 Å². The van der Waals surface area contributed by atoms with Crippen LogP contribution in [0.25, 0.3) is 0 Å². The molecule has 0 bridgehead atoms. The Kier molecular flexibility index (Phi) is 8.46. The third-order valence-corrected chi connectivity index (χ3v) is 10.1. The average Bonchev–Trinajstić information content (AvgIpc) is 2.76. The van der Waals surface area contributed by atoms with E-state index in [9.17, 15) is 39.1 Å². The Bertz CT molecular complexity index is 488. The van der Waals surface area contributed by atoms with Crippen molar-refractivity contribution in [2.24, 2.45) is 0 Å². The summed E-state index contributed by atoms with van der Waals surface area (Å²) in [6.45, 7) is -1.39. The summed E-state index contributed by atoms with van der Waals surface area (Å²) in [4.78, 5) is -0.666. The molecule has 1 radical (unpaired) electrons. The van der Waals surface area contributed by atoms with Crippen LogP contribution < -0.4 is 0 Å². The summed E-state index contributed by atoms with van der Waals surface area (Å²) >= 11 is -2.03. The standard InChI is InChI=1S/C11H23O11SSe/c12-1-5(14)10(18)11(22-23(19,20)21)7(16)4-24-3-6(15)9(17)8(24)2-13/h5-18H,1-4H2,(H,19,20,21)/t5-,6-,7-,8-,9+,10-,11-/m1/s1.